The molecule has 6 nitrogen and oxygen atoms in total. The van der Waals surface area contributed by atoms with E-state index in [0.29, 0.717) is 30.3 Å². The zero-order valence-electron chi connectivity index (χ0n) is 16.5. The molecule has 0 aliphatic heterocycles. The van der Waals surface area contributed by atoms with Crippen molar-refractivity contribution in [2.45, 2.75) is 26.5 Å². The number of ether oxygens (including phenoxy) is 2. The molecule has 1 amide bonds. The number of nitrogens with one attached hydrogen (secondary N) is 1. The van der Waals surface area contributed by atoms with E-state index in [0.717, 1.165) is 29.2 Å². The fraction of sp³-hybridized carbons (Fsp3) is 0.273. The Labute approximate surface area is 175 Å². The van der Waals surface area contributed by atoms with Gasteiger partial charge in [-0.1, -0.05) is 23.7 Å². The van der Waals surface area contributed by atoms with Gasteiger partial charge in [-0.25, -0.2) is 0 Å². The highest BCUT2D eigenvalue weighted by Crippen LogP contribution is 2.18. The SMILES string of the molecule is COc1ccc(OCc2ccc(C(=O)NCCCn3cc(Cl)c(C)n3)cc2)cc1. The Hall–Kier alpha value is -2.99. The Kier molecular flexibility index (Phi) is 7.14. The molecule has 0 spiro atoms. The van der Waals surface area contributed by atoms with Crippen molar-refractivity contribution in [3.05, 3.63) is 76.6 Å². The molecular formula is C22H24ClN3O3. The van der Waals surface area contributed by atoms with Crippen LogP contribution in [0.4, 0.5) is 0 Å². The predicted molar refractivity (Wildman–Crippen MR) is 113 cm³/mol. The van der Waals surface area contributed by atoms with E-state index in [1.807, 2.05) is 43.3 Å². The molecule has 3 aromatic rings. The average molecular weight is 414 g/mol. The summed E-state index contributed by atoms with van der Waals surface area (Å²) in [4.78, 5) is 12.3. The molecule has 1 N–H and O–H groups in total. The van der Waals surface area contributed by atoms with E-state index >= 15 is 0 Å². The summed E-state index contributed by atoms with van der Waals surface area (Å²) < 4.78 is 12.7. The number of halogens is 1. The third kappa shape index (κ3) is 5.99. The number of nitrogens with zero attached hydrogens (tertiary/aromatic N) is 2. The number of hydrogen-bond acceptors (Lipinski definition) is 4. The molecule has 0 fully saturated rings. The van der Waals surface area contributed by atoms with Crippen molar-refractivity contribution in [3.63, 3.8) is 0 Å². The summed E-state index contributed by atoms with van der Waals surface area (Å²) in [6, 6.07) is 14.8. The zero-order valence-corrected chi connectivity index (χ0v) is 17.3. The van der Waals surface area contributed by atoms with Gasteiger partial charge in [-0.3, -0.25) is 9.48 Å². The molecule has 0 saturated heterocycles. The van der Waals surface area contributed by atoms with Gasteiger partial charge in [-0.2, -0.15) is 5.10 Å². The summed E-state index contributed by atoms with van der Waals surface area (Å²) in [7, 11) is 1.63. The highest BCUT2D eigenvalue weighted by molar-refractivity contribution is 6.31. The minimum atomic E-state index is -0.0951. The van der Waals surface area contributed by atoms with Crippen molar-refractivity contribution < 1.29 is 14.3 Å². The number of aromatic nitrogens is 2. The van der Waals surface area contributed by atoms with Gasteiger partial charge in [0.2, 0.25) is 0 Å². The second-order valence-corrected chi connectivity index (χ2v) is 7.00. The quantitative estimate of drug-likeness (QED) is 0.532. The second kappa shape index (κ2) is 9.98. The Bertz CT molecular complexity index is 917. The molecule has 7 heteroatoms. The zero-order chi connectivity index (χ0) is 20.6. The van der Waals surface area contributed by atoms with E-state index in [9.17, 15) is 4.79 Å². The van der Waals surface area contributed by atoms with Gasteiger partial charge in [0, 0.05) is 24.8 Å². The van der Waals surface area contributed by atoms with E-state index < -0.39 is 0 Å². The number of benzene rings is 2. The van der Waals surface area contributed by atoms with Crippen LogP contribution in [0.1, 0.15) is 28.0 Å². The van der Waals surface area contributed by atoms with Gasteiger partial charge in [-0.05, 0) is 55.3 Å². The monoisotopic (exact) mass is 413 g/mol. The minimum absolute atomic E-state index is 0.0951. The van der Waals surface area contributed by atoms with E-state index in [1.165, 1.54) is 0 Å². The number of methoxy groups -OCH3 is 1. The number of carbonyl (C=O) groups is 1. The number of hydrogen-bond donors (Lipinski definition) is 1. The van der Waals surface area contributed by atoms with Crippen LogP contribution in [0.5, 0.6) is 11.5 Å². The minimum Gasteiger partial charge on any atom is -0.497 e. The molecule has 29 heavy (non-hydrogen) atoms. The van der Waals surface area contributed by atoms with Crippen LogP contribution < -0.4 is 14.8 Å². The molecule has 3 rings (SSSR count). The maximum Gasteiger partial charge on any atom is 0.251 e. The van der Waals surface area contributed by atoms with Crippen molar-refractivity contribution in [2.24, 2.45) is 0 Å². The first-order chi connectivity index (χ1) is 14.0. The Morgan fingerprint density at radius 1 is 1.10 bits per heavy atom. The predicted octanol–water partition coefficient (Wildman–Crippen LogP) is 4.25. The Morgan fingerprint density at radius 3 is 2.41 bits per heavy atom. The maximum absolute atomic E-state index is 12.3. The summed E-state index contributed by atoms with van der Waals surface area (Å²) in [5.74, 6) is 1.46. The van der Waals surface area contributed by atoms with Gasteiger partial charge >= 0.3 is 0 Å². The van der Waals surface area contributed by atoms with Gasteiger partial charge in [-0.15, -0.1) is 0 Å². The summed E-state index contributed by atoms with van der Waals surface area (Å²) >= 11 is 5.99. The third-order valence-corrected chi connectivity index (χ3v) is 4.79. The first-order valence-corrected chi connectivity index (χ1v) is 9.76. The lowest BCUT2D eigenvalue weighted by atomic mass is 10.1. The lowest BCUT2D eigenvalue weighted by molar-refractivity contribution is 0.0952. The van der Waals surface area contributed by atoms with Crippen LogP contribution in [0.15, 0.2) is 54.7 Å². The van der Waals surface area contributed by atoms with E-state index in [1.54, 1.807) is 30.1 Å². The van der Waals surface area contributed by atoms with Gasteiger partial charge in [0.1, 0.15) is 18.1 Å². The van der Waals surface area contributed by atoms with Crippen LogP contribution in [0.3, 0.4) is 0 Å². The van der Waals surface area contributed by atoms with Crippen molar-refractivity contribution >= 4 is 17.5 Å². The summed E-state index contributed by atoms with van der Waals surface area (Å²) in [5, 5.41) is 7.88. The van der Waals surface area contributed by atoms with Crippen LogP contribution in [-0.4, -0.2) is 29.3 Å². The molecule has 152 valence electrons. The highest BCUT2D eigenvalue weighted by atomic mass is 35.5. The highest BCUT2D eigenvalue weighted by Gasteiger charge is 2.06. The standard InChI is InChI=1S/C22H24ClN3O3/c1-16-21(23)14-26(25-16)13-3-12-24-22(27)18-6-4-17(5-7-18)15-29-20-10-8-19(28-2)9-11-20/h4-11,14H,3,12-13,15H2,1-2H3,(H,24,27). The van der Waals surface area contributed by atoms with Crippen LogP contribution in [0, 0.1) is 6.92 Å². The van der Waals surface area contributed by atoms with Crippen molar-refractivity contribution in [2.75, 3.05) is 13.7 Å². The van der Waals surface area contributed by atoms with Crippen LogP contribution in [0.2, 0.25) is 5.02 Å². The van der Waals surface area contributed by atoms with Gasteiger partial charge < -0.3 is 14.8 Å². The van der Waals surface area contributed by atoms with Gasteiger partial charge in [0.05, 0.1) is 17.8 Å². The molecule has 0 aliphatic carbocycles. The second-order valence-electron chi connectivity index (χ2n) is 6.60. The molecule has 0 atom stereocenters. The van der Waals surface area contributed by atoms with Crippen LogP contribution in [-0.2, 0) is 13.2 Å². The van der Waals surface area contributed by atoms with E-state index in [2.05, 4.69) is 10.4 Å². The number of aryl methyl sites for hydroxylation is 2. The molecule has 1 aromatic heterocycles. The topological polar surface area (TPSA) is 65.4 Å². The summed E-state index contributed by atoms with van der Waals surface area (Å²) in [6.45, 7) is 3.57. The lowest BCUT2D eigenvalue weighted by Crippen LogP contribution is -2.25. The largest absolute Gasteiger partial charge is 0.497 e. The molecule has 0 aliphatic rings. The molecule has 0 radical (unpaired) electrons. The fourth-order valence-corrected chi connectivity index (χ4v) is 2.89. The molecular weight excluding hydrogens is 390 g/mol. The van der Waals surface area contributed by atoms with Crippen molar-refractivity contribution in [1.82, 2.24) is 15.1 Å². The van der Waals surface area contributed by atoms with E-state index in [4.69, 9.17) is 21.1 Å². The normalized spacial score (nSPS) is 10.6. The average Bonchev–Trinajstić information content (AvgIpc) is 3.07. The maximum atomic E-state index is 12.3. The molecule has 0 unspecified atom stereocenters. The summed E-state index contributed by atoms with van der Waals surface area (Å²) in [6.07, 6.45) is 2.57. The first kappa shape index (κ1) is 20.7. The van der Waals surface area contributed by atoms with Gasteiger partial charge in [0.15, 0.2) is 0 Å². The van der Waals surface area contributed by atoms with Crippen LogP contribution in [0.25, 0.3) is 0 Å². The van der Waals surface area contributed by atoms with Crippen LogP contribution >= 0.6 is 11.6 Å². The lowest BCUT2D eigenvalue weighted by Gasteiger charge is -2.09. The molecule has 2 aromatic carbocycles. The molecule has 1 heterocycles. The summed E-state index contributed by atoms with van der Waals surface area (Å²) in [5.41, 5.74) is 2.42. The Morgan fingerprint density at radius 2 is 1.79 bits per heavy atom. The van der Waals surface area contributed by atoms with Crippen molar-refractivity contribution in [1.29, 1.82) is 0 Å². The van der Waals surface area contributed by atoms with Gasteiger partial charge in [0.25, 0.3) is 5.91 Å². The molecule has 0 bridgehead atoms. The number of amides is 1. The smallest absolute Gasteiger partial charge is 0.251 e. The first-order valence-electron chi connectivity index (χ1n) is 9.38. The van der Waals surface area contributed by atoms with E-state index in [-0.39, 0.29) is 5.91 Å². The number of rotatable bonds is 9. The van der Waals surface area contributed by atoms with Crippen molar-refractivity contribution in [3.8, 4) is 11.5 Å². The fourth-order valence-electron chi connectivity index (χ4n) is 2.74. The Balaban J connectivity index is 1.41. The third-order valence-electron chi connectivity index (χ3n) is 4.42. The molecule has 0 saturated carbocycles. The number of carbonyl (C=O) groups excluding carboxylic acids is 1.